The maximum absolute atomic E-state index is 12.9. The van der Waals surface area contributed by atoms with Crippen molar-refractivity contribution in [2.45, 2.75) is 29.6 Å². The molecule has 1 aliphatic heterocycles. The van der Waals surface area contributed by atoms with Crippen LogP contribution in [0.3, 0.4) is 0 Å². The summed E-state index contributed by atoms with van der Waals surface area (Å²) in [6.45, 7) is 2.73. The molecule has 0 spiro atoms. The van der Waals surface area contributed by atoms with E-state index in [-0.39, 0.29) is 16.7 Å². The van der Waals surface area contributed by atoms with Crippen molar-refractivity contribution in [1.82, 2.24) is 4.31 Å². The first-order chi connectivity index (χ1) is 14.0. The zero-order valence-corrected chi connectivity index (χ0v) is 18.3. The molecular formula is C21H26N2O4S2. The largest absolute Gasteiger partial charge is 0.497 e. The number of hydrogen-bond acceptors (Lipinski definition) is 5. The zero-order chi connectivity index (χ0) is 20.9. The molecule has 1 heterocycles. The van der Waals surface area contributed by atoms with Gasteiger partial charge in [0.15, 0.2) is 0 Å². The van der Waals surface area contributed by atoms with Crippen LogP contribution in [-0.4, -0.2) is 44.6 Å². The number of hydrogen-bond donors (Lipinski definition) is 1. The van der Waals surface area contributed by atoms with Gasteiger partial charge in [-0.2, -0.15) is 4.31 Å². The molecule has 2 aromatic rings. The first kappa shape index (κ1) is 21.7. The van der Waals surface area contributed by atoms with Gasteiger partial charge in [0, 0.05) is 23.9 Å². The molecule has 0 bridgehead atoms. The molecule has 3 rings (SSSR count). The molecule has 1 N–H and O–H groups in total. The van der Waals surface area contributed by atoms with Crippen LogP contribution in [-0.2, 0) is 14.8 Å². The van der Waals surface area contributed by atoms with Gasteiger partial charge in [-0.25, -0.2) is 8.42 Å². The molecule has 1 amide bonds. The van der Waals surface area contributed by atoms with Gasteiger partial charge in [-0.1, -0.05) is 19.1 Å². The molecule has 6 nitrogen and oxygen atoms in total. The highest BCUT2D eigenvalue weighted by atomic mass is 32.2. The van der Waals surface area contributed by atoms with Gasteiger partial charge in [0.05, 0.1) is 17.7 Å². The minimum absolute atomic E-state index is 0.0457. The molecule has 8 heteroatoms. The number of carbonyl (C=O) groups excluding carboxylic acids is 1. The summed E-state index contributed by atoms with van der Waals surface area (Å²) in [7, 11) is -2.03. The summed E-state index contributed by atoms with van der Waals surface area (Å²) < 4.78 is 32.2. The smallest absolute Gasteiger partial charge is 0.243 e. The van der Waals surface area contributed by atoms with Crippen LogP contribution in [0.1, 0.15) is 19.8 Å². The van der Waals surface area contributed by atoms with E-state index in [4.69, 9.17) is 4.74 Å². The molecule has 2 aromatic carbocycles. The van der Waals surface area contributed by atoms with Crippen LogP contribution in [0.15, 0.2) is 58.3 Å². The molecule has 0 unspecified atom stereocenters. The summed E-state index contributed by atoms with van der Waals surface area (Å²) >= 11 is 1.68. The average Bonchev–Trinajstić information content (AvgIpc) is 2.75. The Balaban J connectivity index is 1.61. The lowest BCUT2D eigenvalue weighted by molar-refractivity contribution is -0.120. The fraction of sp³-hybridized carbons (Fsp3) is 0.381. The van der Waals surface area contributed by atoms with Gasteiger partial charge in [-0.3, -0.25) is 4.79 Å². The average molecular weight is 435 g/mol. The van der Waals surface area contributed by atoms with Crippen LogP contribution in [0.2, 0.25) is 0 Å². The lowest BCUT2D eigenvalue weighted by atomic mass is 9.97. The van der Waals surface area contributed by atoms with Crippen molar-refractivity contribution in [3.05, 3.63) is 48.5 Å². The van der Waals surface area contributed by atoms with Gasteiger partial charge >= 0.3 is 0 Å². The first-order valence-corrected chi connectivity index (χ1v) is 12.0. The van der Waals surface area contributed by atoms with E-state index >= 15 is 0 Å². The highest BCUT2D eigenvalue weighted by Crippen LogP contribution is 2.29. The predicted molar refractivity (Wildman–Crippen MR) is 116 cm³/mol. The Kier molecular flexibility index (Phi) is 7.21. The lowest BCUT2D eigenvalue weighted by Crippen LogP contribution is -2.41. The van der Waals surface area contributed by atoms with Gasteiger partial charge < -0.3 is 10.1 Å². The fourth-order valence-corrected chi connectivity index (χ4v) is 5.57. The number of rotatable bonds is 7. The Bertz CT molecular complexity index is 937. The van der Waals surface area contributed by atoms with Crippen LogP contribution in [0, 0.1) is 5.92 Å². The number of methoxy groups -OCH3 is 1. The number of carbonyl (C=O) groups is 1. The van der Waals surface area contributed by atoms with Crippen molar-refractivity contribution in [3.63, 3.8) is 0 Å². The van der Waals surface area contributed by atoms with Gasteiger partial charge in [-0.05, 0) is 55.0 Å². The zero-order valence-electron chi connectivity index (χ0n) is 16.6. The van der Waals surface area contributed by atoms with Gasteiger partial charge in [-0.15, -0.1) is 11.8 Å². The predicted octanol–water partition coefficient (Wildman–Crippen LogP) is 3.85. The molecule has 1 saturated heterocycles. The van der Waals surface area contributed by atoms with E-state index in [1.54, 1.807) is 43.1 Å². The second-order valence-electron chi connectivity index (χ2n) is 6.77. The van der Waals surface area contributed by atoms with Crippen LogP contribution >= 0.6 is 11.8 Å². The fourth-order valence-electron chi connectivity index (χ4n) is 3.34. The van der Waals surface area contributed by atoms with E-state index in [0.717, 1.165) is 16.3 Å². The number of ether oxygens (including phenoxy) is 1. The Hall–Kier alpha value is -2.03. The number of thioether (sulfide) groups is 1. The van der Waals surface area contributed by atoms with E-state index in [9.17, 15) is 13.2 Å². The van der Waals surface area contributed by atoms with Crippen LogP contribution in [0.5, 0.6) is 5.75 Å². The third kappa shape index (κ3) is 5.12. The number of anilines is 1. The number of nitrogens with one attached hydrogen (secondary N) is 1. The first-order valence-electron chi connectivity index (χ1n) is 9.62. The molecule has 1 fully saturated rings. The molecule has 0 aromatic heterocycles. The van der Waals surface area contributed by atoms with Gasteiger partial charge in [0.2, 0.25) is 15.9 Å². The second kappa shape index (κ2) is 9.65. The molecule has 0 saturated carbocycles. The normalized spacial score (nSPS) is 15.8. The highest BCUT2D eigenvalue weighted by molar-refractivity contribution is 7.99. The van der Waals surface area contributed by atoms with E-state index < -0.39 is 10.0 Å². The van der Waals surface area contributed by atoms with E-state index in [0.29, 0.717) is 31.7 Å². The Morgan fingerprint density at radius 3 is 2.41 bits per heavy atom. The summed E-state index contributed by atoms with van der Waals surface area (Å²) in [6, 6.07) is 14.1. The van der Waals surface area contributed by atoms with Gasteiger partial charge in [0.25, 0.3) is 0 Å². The van der Waals surface area contributed by atoms with Crippen LogP contribution in [0.4, 0.5) is 5.69 Å². The topological polar surface area (TPSA) is 75.7 Å². The number of nitrogens with zero attached hydrogens (tertiary/aromatic N) is 1. The van der Waals surface area contributed by atoms with Crippen molar-refractivity contribution in [3.8, 4) is 5.75 Å². The maximum Gasteiger partial charge on any atom is 0.243 e. The van der Waals surface area contributed by atoms with Crippen molar-refractivity contribution in [2.24, 2.45) is 5.92 Å². The minimum atomic E-state index is -3.57. The number of sulfonamides is 1. The molecule has 29 heavy (non-hydrogen) atoms. The number of para-hydroxylation sites is 1. The van der Waals surface area contributed by atoms with Crippen LogP contribution in [0.25, 0.3) is 0 Å². The summed E-state index contributed by atoms with van der Waals surface area (Å²) in [5, 5.41) is 3.02. The number of piperidine rings is 1. The molecule has 156 valence electrons. The third-order valence-electron chi connectivity index (χ3n) is 4.97. The molecule has 0 aliphatic carbocycles. The number of benzene rings is 2. The minimum Gasteiger partial charge on any atom is -0.497 e. The molecule has 0 radical (unpaired) electrons. The monoisotopic (exact) mass is 434 g/mol. The number of amides is 1. The van der Waals surface area contributed by atoms with Crippen molar-refractivity contribution >= 4 is 33.4 Å². The van der Waals surface area contributed by atoms with Crippen LogP contribution < -0.4 is 10.1 Å². The molecule has 1 aliphatic rings. The van der Waals surface area contributed by atoms with Crippen molar-refractivity contribution in [1.29, 1.82) is 0 Å². The van der Waals surface area contributed by atoms with Gasteiger partial charge in [0.1, 0.15) is 5.75 Å². The standard InChI is InChI=1S/C21H26N2O4S2/c1-3-28-20-7-5-4-6-19(20)22-21(24)16-12-14-23(15-13-16)29(25,26)18-10-8-17(27-2)9-11-18/h4-11,16H,3,12-15H2,1-2H3,(H,22,24). The second-order valence-corrected chi connectivity index (χ2v) is 10.0. The van der Waals surface area contributed by atoms with E-state index in [1.165, 1.54) is 4.31 Å². The summed E-state index contributed by atoms with van der Waals surface area (Å²) in [6.07, 6.45) is 1.01. The quantitative estimate of drug-likeness (QED) is 0.670. The Morgan fingerprint density at radius 1 is 1.14 bits per heavy atom. The molecule has 0 atom stereocenters. The van der Waals surface area contributed by atoms with Crippen molar-refractivity contribution in [2.75, 3.05) is 31.3 Å². The van der Waals surface area contributed by atoms with E-state index in [2.05, 4.69) is 12.2 Å². The summed E-state index contributed by atoms with van der Waals surface area (Å²) in [5.41, 5.74) is 0.817. The Morgan fingerprint density at radius 2 is 1.79 bits per heavy atom. The maximum atomic E-state index is 12.9. The third-order valence-corrected chi connectivity index (χ3v) is 7.84. The summed E-state index contributed by atoms with van der Waals surface area (Å²) in [5.74, 6) is 1.29. The summed E-state index contributed by atoms with van der Waals surface area (Å²) in [4.78, 5) is 14.0. The SMILES string of the molecule is CCSc1ccccc1NC(=O)C1CCN(S(=O)(=O)c2ccc(OC)cc2)CC1. The molecular weight excluding hydrogens is 408 g/mol. The Labute approximate surface area is 176 Å². The highest BCUT2D eigenvalue weighted by Gasteiger charge is 2.32. The van der Waals surface area contributed by atoms with Crippen molar-refractivity contribution < 1.29 is 17.9 Å². The lowest BCUT2D eigenvalue weighted by Gasteiger charge is -2.30. The van der Waals surface area contributed by atoms with E-state index in [1.807, 2.05) is 24.3 Å².